The lowest BCUT2D eigenvalue weighted by Gasteiger charge is -2.35. The number of methoxy groups -OCH3 is 1. The van der Waals surface area contributed by atoms with Crippen molar-refractivity contribution in [3.05, 3.63) is 29.3 Å². The molecule has 1 fully saturated rings. The van der Waals surface area contributed by atoms with Crippen molar-refractivity contribution in [3.63, 3.8) is 0 Å². The van der Waals surface area contributed by atoms with Crippen LogP contribution in [0.5, 0.6) is 5.75 Å². The van der Waals surface area contributed by atoms with Crippen LogP contribution in [0.2, 0.25) is 0 Å². The summed E-state index contributed by atoms with van der Waals surface area (Å²) in [7, 11) is 1.71. The predicted molar refractivity (Wildman–Crippen MR) is 73.3 cm³/mol. The van der Waals surface area contributed by atoms with Crippen LogP contribution in [0.1, 0.15) is 24.5 Å². The number of hydrogen-bond donors (Lipinski definition) is 1. The van der Waals surface area contributed by atoms with Crippen molar-refractivity contribution in [3.8, 4) is 5.75 Å². The fourth-order valence-electron chi connectivity index (χ4n) is 2.45. The largest absolute Gasteiger partial charge is 0.496 e. The second kappa shape index (κ2) is 5.72. The van der Waals surface area contributed by atoms with Crippen LogP contribution in [-0.2, 0) is 11.2 Å². The van der Waals surface area contributed by atoms with Crippen molar-refractivity contribution >= 4 is 0 Å². The molecule has 3 heteroatoms. The highest BCUT2D eigenvalue weighted by molar-refractivity contribution is 5.36. The van der Waals surface area contributed by atoms with E-state index in [1.165, 1.54) is 11.1 Å². The lowest BCUT2D eigenvalue weighted by atomic mass is 9.92. The third-order valence-corrected chi connectivity index (χ3v) is 3.64. The number of morpholine rings is 1. The molecule has 1 heterocycles. The van der Waals surface area contributed by atoms with Gasteiger partial charge < -0.3 is 14.8 Å². The molecule has 0 radical (unpaired) electrons. The van der Waals surface area contributed by atoms with Crippen molar-refractivity contribution in [1.82, 2.24) is 5.32 Å². The zero-order chi connectivity index (χ0) is 13.0. The van der Waals surface area contributed by atoms with Crippen molar-refractivity contribution in [2.45, 2.75) is 32.2 Å². The number of nitrogens with one attached hydrogen (secondary N) is 1. The molecule has 1 saturated heterocycles. The fourth-order valence-corrected chi connectivity index (χ4v) is 2.45. The van der Waals surface area contributed by atoms with Crippen LogP contribution in [-0.4, -0.2) is 32.4 Å². The van der Waals surface area contributed by atoms with Gasteiger partial charge in [-0.25, -0.2) is 0 Å². The molecule has 0 spiro atoms. The van der Waals surface area contributed by atoms with Crippen molar-refractivity contribution in [1.29, 1.82) is 0 Å². The number of benzene rings is 1. The third kappa shape index (κ3) is 3.24. The number of hydrogen-bond acceptors (Lipinski definition) is 3. The van der Waals surface area contributed by atoms with Gasteiger partial charge >= 0.3 is 0 Å². The Bertz CT molecular complexity index is 397. The van der Waals surface area contributed by atoms with Gasteiger partial charge in [0, 0.05) is 12.1 Å². The van der Waals surface area contributed by atoms with Gasteiger partial charge in [0.25, 0.3) is 0 Å². The fraction of sp³-hybridized carbons (Fsp3) is 0.600. The highest BCUT2D eigenvalue weighted by Crippen LogP contribution is 2.22. The average molecular weight is 249 g/mol. The molecule has 1 unspecified atom stereocenters. The van der Waals surface area contributed by atoms with Crippen LogP contribution in [0.15, 0.2) is 18.2 Å². The monoisotopic (exact) mass is 249 g/mol. The maximum absolute atomic E-state index is 5.55. The maximum Gasteiger partial charge on any atom is 0.121 e. The number of ether oxygens (including phenoxy) is 2. The van der Waals surface area contributed by atoms with E-state index in [0.717, 1.165) is 38.3 Å². The second-order valence-corrected chi connectivity index (χ2v) is 5.34. The molecule has 0 aromatic heterocycles. The first-order chi connectivity index (χ1) is 8.63. The van der Waals surface area contributed by atoms with Gasteiger partial charge in [0.05, 0.1) is 20.3 Å². The first-order valence-corrected chi connectivity index (χ1v) is 6.59. The van der Waals surface area contributed by atoms with Crippen LogP contribution in [0.3, 0.4) is 0 Å². The van der Waals surface area contributed by atoms with Crippen molar-refractivity contribution in [2.75, 3.05) is 26.9 Å². The summed E-state index contributed by atoms with van der Waals surface area (Å²) in [6, 6.07) is 6.42. The summed E-state index contributed by atoms with van der Waals surface area (Å²) < 4.78 is 10.8. The summed E-state index contributed by atoms with van der Waals surface area (Å²) in [4.78, 5) is 0. The number of aryl methyl sites for hydroxylation is 2. The first-order valence-electron chi connectivity index (χ1n) is 6.59. The van der Waals surface area contributed by atoms with Crippen molar-refractivity contribution in [2.24, 2.45) is 0 Å². The van der Waals surface area contributed by atoms with Gasteiger partial charge in [-0.1, -0.05) is 12.1 Å². The standard InChI is InChI=1S/C15H23NO2/c1-12-10-13(4-5-14(12)17-3)6-7-15(2)11-18-9-8-16-15/h4-5,10,16H,6-9,11H2,1-3H3. The minimum absolute atomic E-state index is 0.117. The highest BCUT2D eigenvalue weighted by atomic mass is 16.5. The third-order valence-electron chi connectivity index (χ3n) is 3.64. The van der Waals surface area contributed by atoms with E-state index in [2.05, 4.69) is 37.4 Å². The Kier molecular flexibility index (Phi) is 4.25. The second-order valence-electron chi connectivity index (χ2n) is 5.34. The Morgan fingerprint density at radius 2 is 2.28 bits per heavy atom. The van der Waals surface area contributed by atoms with E-state index in [1.54, 1.807) is 7.11 Å². The zero-order valence-corrected chi connectivity index (χ0v) is 11.6. The summed E-state index contributed by atoms with van der Waals surface area (Å²) in [5.74, 6) is 0.962. The van der Waals surface area contributed by atoms with Gasteiger partial charge in [0.2, 0.25) is 0 Å². The van der Waals surface area contributed by atoms with E-state index in [0.29, 0.717) is 0 Å². The first kappa shape index (κ1) is 13.4. The molecule has 0 aliphatic carbocycles. The summed E-state index contributed by atoms with van der Waals surface area (Å²) in [5, 5.41) is 3.55. The minimum atomic E-state index is 0.117. The molecule has 0 amide bonds. The van der Waals surface area contributed by atoms with E-state index >= 15 is 0 Å². The molecule has 1 aromatic rings. The Morgan fingerprint density at radius 3 is 2.89 bits per heavy atom. The summed E-state index contributed by atoms with van der Waals surface area (Å²) in [5.41, 5.74) is 2.68. The highest BCUT2D eigenvalue weighted by Gasteiger charge is 2.26. The molecule has 0 bridgehead atoms. The van der Waals surface area contributed by atoms with Crippen LogP contribution >= 0.6 is 0 Å². The van der Waals surface area contributed by atoms with E-state index in [4.69, 9.17) is 9.47 Å². The molecular weight excluding hydrogens is 226 g/mol. The maximum atomic E-state index is 5.55. The Morgan fingerprint density at radius 1 is 1.44 bits per heavy atom. The van der Waals surface area contributed by atoms with E-state index in [1.807, 2.05) is 0 Å². The van der Waals surface area contributed by atoms with Gasteiger partial charge in [-0.05, 0) is 43.9 Å². The quantitative estimate of drug-likeness (QED) is 0.888. The Hall–Kier alpha value is -1.06. The van der Waals surface area contributed by atoms with E-state index < -0.39 is 0 Å². The summed E-state index contributed by atoms with van der Waals surface area (Å²) in [6.45, 7) is 6.92. The molecule has 1 atom stereocenters. The molecule has 1 aromatic carbocycles. The Labute approximate surface area is 109 Å². The lowest BCUT2D eigenvalue weighted by molar-refractivity contribution is 0.0318. The topological polar surface area (TPSA) is 30.5 Å². The normalized spacial score (nSPS) is 23.9. The smallest absolute Gasteiger partial charge is 0.121 e. The van der Waals surface area contributed by atoms with Gasteiger partial charge in [0.15, 0.2) is 0 Å². The van der Waals surface area contributed by atoms with Crippen LogP contribution in [0, 0.1) is 6.92 Å². The Balaban J connectivity index is 1.95. The van der Waals surface area contributed by atoms with Crippen LogP contribution in [0.4, 0.5) is 0 Å². The van der Waals surface area contributed by atoms with Gasteiger partial charge in [-0.15, -0.1) is 0 Å². The summed E-state index contributed by atoms with van der Waals surface area (Å²) in [6.07, 6.45) is 2.16. The molecule has 1 aliphatic heterocycles. The van der Waals surface area contributed by atoms with Gasteiger partial charge in [-0.3, -0.25) is 0 Å². The molecule has 1 aliphatic rings. The molecule has 1 N–H and O–H groups in total. The van der Waals surface area contributed by atoms with E-state index in [9.17, 15) is 0 Å². The predicted octanol–water partition coefficient (Wildman–Crippen LogP) is 2.31. The van der Waals surface area contributed by atoms with Crippen molar-refractivity contribution < 1.29 is 9.47 Å². The number of rotatable bonds is 4. The SMILES string of the molecule is COc1ccc(CCC2(C)COCCN2)cc1C. The molecule has 3 nitrogen and oxygen atoms in total. The minimum Gasteiger partial charge on any atom is -0.496 e. The average Bonchev–Trinajstić information content (AvgIpc) is 2.38. The molecule has 100 valence electrons. The molecule has 2 rings (SSSR count). The lowest BCUT2D eigenvalue weighted by Crippen LogP contribution is -2.52. The van der Waals surface area contributed by atoms with Gasteiger partial charge in [0.1, 0.15) is 5.75 Å². The van der Waals surface area contributed by atoms with Gasteiger partial charge in [-0.2, -0.15) is 0 Å². The molecule has 0 saturated carbocycles. The van der Waals surface area contributed by atoms with Crippen LogP contribution in [0.25, 0.3) is 0 Å². The summed E-state index contributed by atoms with van der Waals surface area (Å²) >= 11 is 0. The zero-order valence-electron chi connectivity index (χ0n) is 11.6. The molecule has 18 heavy (non-hydrogen) atoms. The van der Waals surface area contributed by atoms with Crippen LogP contribution < -0.4 is 10.1 Å². The van der Waals surface area contributed by atoms with E-state index in [-0.39, 0.29) is 5.54 Å². The molecular formula is C15H23NO2.